The third-order valence-corrected chi connectivity index (χ3v) is 3.33. The van der Waals surface area contributed by atoms with Crippen LogP contribution in [0.2, 0.25) is 0 Å². The SMILES string of the molecule is C=C(NN=Cc1ccc(C#N)cc1)c1nnn(-c2nonc2N)c1C. The molecule has 3 rings (SSSR count). The molecule has 25 heavy (non-hydrogen) atoms. The smallest absolute Gasteiger partial charge is 0.243 e. The predicted molar refractivity (Wildman–Crippen MR) is 89.3 cm³/mol. The highest BCUT2D eigenvalue weighted by Crippen LogP contribution is 2.17. The fourth-order valence-electron chi connectivity index (χ4n) is 2.03. The van der Waals surface area contributed by atoms with Crippen LogP contribution in [-0.4, -0.2) is 31.5 Å². The quantitative estimate of drug-likeness (QED) is 0.519. The van der Waals surface area contributed by atoms with Crippen molar-refractivity contribution in [1.82, 2.24) is 30.7 Å². The summed E-state index contributed by atoms with van der Waals surface area (Å²) < 4.78 is 5.96. The molecule has 2 heterocycles. The number of rotatable bonds is 5. The normalized spacial score (nSPS) is 10.7. The number of anilines is 1. The Hall–Kier alpha value is -4.00. The molecule has 0 aliphatic rings. The molecule has 0 aliphatic heterocycles. The molecule has 124 valence electrons. The molecule has 0 amide bonds. The average molecular weight is 335 g/mol. The van der Waals surface area contributed by atoms with Gasteiger partial charge in [-0.2, -0.15) is 15.0 Å². The van der Waals surface area contributed by atoms with E-state index in [2.05, 4.69) is 48.4 Å². The number of nitrogens with one attached hydrogen (secondary N) is 1. The molecule has 0 fully saturated rings. The lowest BCUT2D eigenvalue weighted by Gasteiger charge is -2.03. The Balaban J connectivity index is 1.71. The zero-order valence-electron chi connectivity index (χ0n) is 13.2. The number of hydrazone groups is 1. The number of nitriles is 1. The Kier molecular flexibility index (Phi) is 4.21. The Morgan fingerprint density at radius 2 is 2.16 bits per heavy atom. The number of nitrogens with zero attached hydrogens (tertiary/aromatic N) is 7. The van der Waals surface area contributed by atoms with E-state index in [0.29, 0.717) is 22.6 Å². The van der Waals surface area contributed by atoms with Crippen molar-refractivity contribution in [2.45, 2.75) is 6.92 Å². The maximum atomic E-state index is 8.77. The van der Waals surface area contributed by atoms with E-state index in [4.69, 9.17) is 11.0 Å². The number of benzene rings is 1. The van der Waals surface area contributed by atoms with Gasteiger partial charge in [0, 0.05) is 0 Å². The van der Waals surface area contributed by atoms with Crippen LogP contribution in [0.25, 0.3) is 11.5 Å². The van der Waals surface area contributed by atoms with Gasteiger partial charge in [0.25, 0.3) is 0 Å². The molecule has 0 bridgehead atoms. The second kappa shape index (κ2) is 6.63. The van der Waals surface area contributed by atoms with Gasteiger partial charge in [-0.15, -0.1) is 5.10 Å². The van der Waals surface area contributed by atoms with Gasteiger partial charge in [0.1, 0.15) is 5.69 Å². The fraction of sp³-hybridized carbons (Fsp3) is 0.0667. The van der Waals surface area contributed by atoms with E-state index < -0.39 is 0 Å². The third-order valence-electron chi connectivity index (χ3n) is 3.33. The molecule has 0 aliphatic carbocycles. The average Bonchev–Trinajstić information content (AvgIpc) is 3.20. The Morgan fingerprint density at radius 1 is 1.40 bits per heavy atom. The van der Waals surface area contributed by atoms with Crippen molar-refractivity contribution in [1.29, 1.82) is 5.26 Å². The zero-order valence-corrected chi connectivity index (χ0v) is 13.2. The van der Waals surface area contributed by atoms with Gasteiger partial charge in [0.05, 0.1) is 29.2 Å². The summed E-state index contributed by atoms with van der Waals surface area (Å²) in [4.78, 5) is 0. The standard InChI is InChI=1S/C15H13N9O/c1-9(19-18-8-12-5-3-11(7-16)4-6-12)13-10(2)24(23-20-13)15-14(17)21-25-22-15/h3-6,8,19H,1H2,2H3,(H2,17,21). The highest BCUT2D eigenvalue weighted by atomic mass is 16.6. The highest BCUT2D eigenvalue weighted by molar-refractivity contribution is 5.80. The van der Waals surface area contributed by atoms with Gasteiger partial charge in [0.15, 0.2) is 0 Å². The fourth-order valence-corrected chi connectivity index (χ4v) is 2.03. The number of nitrogens with two attached hydrogens (primary N) is 1. The first kappa shape index (κ1) is 15.9. The van der Waals surface area contributed by atoms with E-state index in [1.54, 1.807) is 37.4 Å². The zero-order chi connectivity index (χ0) is 17.8. The topological polar surface area (TPSA) is 144 Å². The van der Waals surface area contributed by atoms with Gasteiger partial charge in [-0.05, 0) is 34.9 Å². The summed E-state index contributed by atoms with van der Waals surface area (Å²) in [5.41, 5.74) is 11.5. The minimum absolute atomic E-state index is 0.108. The van der Waals surface area contributed by atoms with Crippen LogP contribution < -0.4 is 11.2 Å². The van der Waals surface area contributed by atoms with E-state index >= 15 is 0 Å². The highest BCUT2D eigenvalue weighted by Gasteiger charge is 2.17. The largest absolute Gasteiger partial charge is 0.378 e. The van der Waals surface area contributed by atoms with Gasteiger partial charge in [0.2, 0.25) is 11.6 Å². The summed E-state index contributed by atoms with van der Waals surface area (Å²) in [5.74, 6) is 0.363. The van der Waals surface area contributed by atoms with Gasteiger partial charge >= 0.3 is 0 Å². The number of aromatic nitrogens is 5. The van der Waals surface area contributed by atoms with Crippen molar-refractivity contribution in [3.63, 3.8) is 0 Å². The van der Waals surface area contributed by atoms with Crippen LogP contribution >= 0.6 is 0 Å². The van der Waals surface area contributed by atoms with Crippen molar-refractivity contribution >= 4 is 17.7 Å². The monoisotopic (exact) mass is 335 g/mol. The number of nitrogen functional groups attached to an aromatic ring is 1. The Bertz CT molecular complexity index is 975. The van der Waals surface area contributed by atoms with Gasteiger partial charge in [-0.1, -0.05) is 23.9 Å². The number of hydrogen-bond donors (Lipinski definition) is 2. The van der Waals surface area contributed by atoms with Crippen LogP contribution in [0.1, 0.15) is 22.5 Å². The van der Waals surface area contributed by atoms with Crippen molar-refractivity contribution < 1.29 is 4.63 Å². The molecule has 0 radical (unpaired) electrons. The van der Waals surface area contributed by atoms with Crippen LogP contribution in [0.5, 0.6) is 0 Å². The summed E-state index contributed by atoms with van der Waals surface area (Å²) in [6.07, 6.45) is 1.60. The first-order valence-electron chi connectivity index (χ1n) is 7.09. The van der Waals surface area contributed by atoms with E-state index in [1.807, 2.05) is 0 Å². The minimum Gasteiger partial charge on any atom is -0.378 e. The van der Waals surface area contributed by atoms with Gasteiger partial charge in [-0.3, -0.25) is 5.43 Å². The summed E-state index contributed by atoms with van der Waals surface area (Å²) in [6.45, 7) is 5.67. The molecule has 2 aromatic heterocycles. The molecule has 0 saturated carbocycles. The molecule has 10 heteroatoms. The summed E-state index contributed by atoms with van der Waals surface area (Å²) in [5, 5.41) is 28.1. The molecule has 0 spiro atoms. The number of hydrogen-bond acceptors (Lipinski definition) is 9. The maximum absolute atomic E-state index is 8.77. The van der Waals surface area contributed by atoms with Gasteiger partial charge < -0.3 is 5.73 Å². The second-order valence-corrected chi connectivity index (χ2v) is 4.99. The summed E-state index contributed by atoms with van der Waals surface area (Å²) in [6, 6.07) is 9.05. The molecule has 0 atom stereocenters. The van der Waals surface area contributed by atoms with Crippen LogP contribution in [0.3, 0.4) is 0 Å². The van der Waals surface area contributed by atoms with Crippen molar-refractivity contribution in [3.05, 3.63) is 53.4 Å². The maximum Gasteiger partial charge on any atom is 0.243 e. The predicted octanol–water partition coefficient (Wildman–Crippen LogP) is 1.01. The molecule has 3 N–H and O–H groups in total. The molecule has 10 nitrogen and oxygen atoms in total. The Morgan fingerprint density at radius 3 is 2.80 bits per heavy atom. The van der Waals surface area contributed by atoms with E-state index in [-0.39, 0.29) is 11.6 Å². The lowest BCUT2D eigenvalue weighted by atomic mass is 10.2. The van der Waals surface area contributed by atoms with Crippen molar-refractivity contribution in [3.8, 4) is 11.9 Å². The van der Waals surface area contributed by atoms with Crippen LogP contribution in [0, 0.1) is 18.3 Å². The Labute approximate surface area is 142 Å². The van der Waals surface area contributed by atoms with E-state index in [0.717, 1.165) is 5.56 Å². The van der Waals surface area contributed by atoms with E-state index in [1.165, 1.54) is 4.68 Å². The lowest BCUT2D eigenvalue weighted by molar-refractivity contribution is 0.306. The molecule has 3 aromatic rings. The molecular weight excluding hydrogens is 322 g/mol. The van der Waals surface area contributed by atoms with E-state index in [9.17, 15) is 0 Å². The molecular formula is C15H13N9O. The first-order chi connectivity index (χ1) is 12.1. The molecule has 1 aromatic carbocycles. The van der Waals surface area contributed by atoms with Crippen molar-refractivity contribution in [2.75, 3.05) is 5.73 Å². The molecule has 0 unspecified atom stereocenters. The minimum atomic E-state index is 0.108. The summed E-state index contributed by atoms with van der Waals surface area (Å²) >= 11 is 0. The van der Waals surface area contributed by atoms with Crippen molar-refractivity contribution in [2.24, 2.45) is 5.10 Å². The van der Waals surface area contributed by atoms with Crippen LogP contribution in [0.15, 0.2) is 40.6 Å². The van der Waals surface area contributed by atoms with Crippen LogP contribution in [-0.2, 0) is 0 Å². The first-order valence-corrected chi connectivity index (χ1v) is 7.09. The van der Waals surface area contributed by atoms with Crippen LogP contribution in [0.4, 0.5) is 5.82 Å². The summed E-state index contributed by atoms with van der Waals surface area (Å²) in [7, 11) is 0. The molecule has 0 saturated heterocycles. The lowest BCUT2D eigenvalue weighted by Crippen LogP contribution is -2.07. The van der Waals surface area contributed by atoms with Gasteiger partial charge in [-0.25, -0.2) is 4.63 Å². The third kappa shape index (κ3) is 3.20. The second-order valence-electron chi connectivity index (χ2n) is 4.99.